The van der Waals surface area contributed by atoms with Crippen LogP contribution >= 0.6 is 0 Å². The number of ether oxygens (including phenoxy) is 1. The van der Waals surface area contributed by atoms with Crippen molar-refractivity contribution in [2.45, 2.75) is 46.5 Å². The topological polar surface area (TPSA) is 112 Å². The summed E-state index contributed by atoms with van der Waals surface area (Å²) in [5.41, 5.74) is 11.4. The summed E-state index contributed by atoms with van der Waals surface area (Å²) in [5, 5.41) is 10.5. The number of hydrogen-bond acceptors (Lipinski definition) is 8. The Hall–Kier alpha value is -4.24. The molecule has 0 radical (unpaired) electrons. The number of hydrazine groups is 1. The number of aryl methyl sites for hydroxylation is 1. The lowest BCUT2D eigenvalue weighted by molar-refractivity contribution is 0.102. The summed E-state index contributed by atoms with van der Waals surface area (Å²) in [6.45, 7) is 19.6. The Kier molecular flexibility index (Phi) is 11.6. The molecule has 0 aromatic heterocycles. The van der Waals surface area contributed by atoms with Crippen LogP contribution in [-0.2, 0) is 5.41 Å². The van der Waals surface area contributed by atoms with Crippen molar-refractivity contribution in [2.24, 2.45) is 16.7 Å². The zero-order chi connectivity index (χ0) is 30.9. The second-order valence-electron chi connectivity index (χ2n) is 10.7. The number of carbonyl (C=O) groups excluding carboxylic acids is 1. The van der Waals surface area contributed by atoms with E-state index in [1.807, 2.05) is 51.1 Å². The van der Waals surface area contributed by atoms with Gasteiger partial charge in [0.1, 0.15) is 0 Å². The molecule has 0 unspecified atom stereocenters. The van der Waals surface area contributed by atoms with Crippen molar-refractivity contribution in [3.05, 3.63) is 83.7 Å². The van der Waals surface area contributed by atoms with Gasteiger partial charge >= 0.3 is 0 Å². The number of hydrogen-bond donors (Lipinski definition) is 3. The van der Waals surface area contributed by atoms with Crippen LogP contribution in [0.5, 0.6) is 5.75 Å². The van der Waals surface area contributed by atoms with Gasteiger partial charge in [0, 0.05) is 44.5 Å². The van der Waals surface area contributed by atoms with Crippen molar-refractivity contribution in [3.8, 4) is 5.75 Å². The van der Waals surface area contributed by atoms with E-state index in [2.05, 4.69) is 50.4 Å². The van der Waals surface area contributed by atoms with E-state index in [0.29, 0.717) is 40.5 Å². The third-order valence-electron chi connectivity index (χ3n) is 7.27. The van der Waals surface area contributed by atoms with E-state index in [4.69, 9.17) is 16.3 Å². The van der Waals surface area contributed by atoms with Crippen LogP contribution in [0.15, 0.2) is 72.1 Å². The van der Waals surface area contributed by atoms with E-state index >= 15 is 0 Å². The minimum Gasteiger partial charge on any atom is -0.492 e. The molecule has 0 atom stereocenters. The Morgan fingerprint density at radius 2 is 1.85 bits per heavy atom. The summed E-state index contributed by atoms with van der Waals surface area (Å²) in [4.78, 5) is 15.6. The van der Waals surface area contributed by atoms with Crippen molar-refractivity contribution in [1.82, 2.24) is 5.01 Å². The van der Waals surface area contributed by atoms with E-state index in [1.165, 1.54) is 5.01 Å². The Bertz CT molecular complexity index is 1310. The number of likely N-dealkylation sites (N-methyl/N-ethyl adjacent to an activating group) is 1. The molecule has 0 bridgehead atoms. The number of nitrogens with two attached hydrogens (primary N) is 2. The minimum atomic E-state index is -0.294. The monoisotopic (exact) mass is 561 g/mol. The van der Waals surface area contributed by atoms with Gasteiger partial charge < -0.3 is 25.7 Å². The number of carbonyl (C=O) groups is 1. The fourth-order valence-electron chi connectivity index (χ4n) is 3.94. The maximum atomic E-state index is 13.6. The van der Waals surface area contributed by atoms with Crippen LogP contribution in [0.3, 0.4) is 0 Å². The first-order valence-electron chi connectivity index (χ1n) is 13.7. The number of benzene rings is 2. The van der Waals surface area contributed by atoms with Crippen molar-refractivity contribution >= 4 is 29.2 Å². The van der Waals surface area contributed by atoms with Crippen molar-refractivity contribution in [1.29, 1.82) is 0 Å². The van der Waals surface area contributed by atoms with Crippen LogP contribution in [0.1, 0.15) is 55.6 Å². The zero-order valence-electron chi connectivity index (χ0n) is 25.9. The molecule has 41 heavy (non-hydrogen) atoms. The summed E-state index contributed by atoms with van der Waals surface area (Å²) < 4.78 is 5.81. The fourth-order valence-corrected chi connectivity index (χ4v) is 3.94. The lowest BCUT2D eigenvalue weighted by Gasteiger charge is -2.29. The predicted molar refractivity (Wildman–Crippen MR) is 174 cm³/mol. The molecule has 0 aliphatic carbocycles. The summed E-state index contributed by atoms with van der Waals surface area (Å²) >= 11 is 0. The highest BCUT2D eigenvalue weighted by Gasteiger charge is 2.24. The van der Waals surface area contributed by atoms with Crippen molar-refractivity contribution in [2.75, 3.05) is 49.5 Å². The van der Waals surface area contributed by atoms with Crippen molar-refractivity contribution in [3.63, 3.8) is 0 Å². The highest BCUT2D eigenvalue weighted by molar-refractivity contribution is 6.06. The van der Waals surface area contributed by atoms with Gasteiger partial charge in [-0.25, -0.2) is 5.84 Å². The second kappa shape index (κ2) is 14.4. The van der Waals surface area contributed by atoms with Gasteiger partial charge in [-0.05, 0) is 61.1 Å². The molecule has 1 amide bonds. The van der Waals surface area contributed by atoms with Gasteiger partial charge in [-0.1, -0.05) is 39.5 Å². The summed E-state index contributed by atoms with van der Waals surface area (Å²) in [5.74, 6) is 6.65. The van der Waals surface area contributed by atoms with E-state index in [-0.39, 0.29) is 11.3 Å². The predicted octanol–water partition coefficient (Wildman–Crippen LogP) is 5.54. The number of anilines is 3. The third-order valence-corrected chi connectivity index (χ3v) is 7.27. The van der Waals surface area contributed by atoms with E-state index in [0.717, 1.165) is 29.8 Å². The molecule has 0 spiro atoms. The van der Waals surface area contributed by atoms with Gasteiger partial charge in [-0.2, -0.15) is 5.10 Å². The Labute approximate surface area is 245 Å². The molecular weight excluding hydrogens is 514 g/mol. The number of methoxy groups -OCH3 is 1. The molecule has 0 saturated carbocycles. The quantitative estimate of drug-likeness (QED) is 0.0913. The van der Waals surface area contributed by atoms with E-state index in [9.17, 15) is 4.79 Å². The van der Waals surface area contributed by atoms with E-state index in [1.54, 1.807) is 36.7 Å². The maximum absolute atomic E-state index is 13.6. The van der Waals surface area contributed by atoms with Gasteiger partial charge in [0.15, 0.2) is 5.75 Å². The number of rotatable bonds is 14. The number of amides is 1. The van der Waals surface area contributed by atoms with Gasteiger partial charge in [0.2, 0.25) is 0 Å². The van der Waals surface area contributed by atoms with Crippen LogP contribution in [0, 0.1) is 6.92 Å². The Morgan fingerprint density at radius 1 is 1.17 bits per heavy atom. The second-order valence-corrected chi connectivity index (χ2v) is 10.7. The molecule has 9 heteroatoms. The lowest BCUT2D eigenvalue weighted by atomic mass is 9.81. The molecule has 5 N–H and O–H groups in total. The first kappa shape index (κ1) is 33.0. The van der Waals surface area contributed by atoms with Gasteiger partial charge in [0.05, 0.1) is 36.1 Å². The summed E-state index contributed by atoms with van der Waals surface area (Å²) in [6, 6.07) is 9.44. The highest BCUT2D eigenvalue weighted by Crippen LogP contribution is 2.41. The fraction of sp³-hybridized carbons (Fsp3) is 0.375. The highest BCUT2D eigenvalue weighted by atomic mass is 16.5. The van der Waals surface area contributed by atoms with E-state index < -0.39 is 0 Å². The average molecular weight is 562 g/mol. The summed E-state index contributed by atoms with van der Waals surface area (Å²) in [7, 11) is 5.43. The first-order chi connectivity index (χ1) is 19.3. The first-order valence-corrected chi connectivity index (χ1v) is 13.7. The van der Waals surface area contributed by atoms with Gasteiger partial charge in [0.25, 0.3) is 5.91 Å². The van der Waals surface area contributed by atoms with Crippen LogP contribution in [0.2, 0.25) is 0 Å². The molecule has 222 valence electrons. The molecule has 0 aliphatic rings. The minimum absolute atomic E-state index is 0.112. The molecule has 0 fully saturated rings. The third kappa shape index (κ3) is 8.38. The van der Waals surface area contributed by atoms with Gasteiger partial charge in [-0.15, -0.1) is 6.58 Å². The average Bonchev–Trinajstić information content (AvgIpc) is 2.95. The molecule has 2 aromatic carbocycles. The normalized spacial score (nSPS) is 11.8. The Morgan fingerprint density at radius 3 is 2.44 bits per heavy atom. The SMILES string of the molecule is C=CCN(C)c1cc(C(C)(C)CC)cc(NC(=O)c2ccc(C)c(N(N)/C=C(\N)C(=C)/C=N\N(C)CC)c2)c1OC. The largest absolute Gasteiger partial charge is 0.492 e. The lowest BCUT2D eigenvalue weighted by Crippen LogP contribution is -2.27. The van der Waals surface area contributed by atoms with Crippen LogP contribution < -0.4 is 31.5 Å². The van der Waals surface area contributed by atoms with Gasteiger partial charge in [-0.3, -0.25) is 9.80 Å². The molecule has 2 rings (SSSR count). The number of nitrogens with one attached hydrogen (secondary N) is 1. The van der Waals surface area contributed by atoms with Crippen LogP contribution in [0.4, 0.5) is 17.1 Å². The van der Waals surface area contributed by atoms with Crippen molar-refractivity contribution < 1.29 is 9.53 Å². The molecule has 0 aliphatic heterocycles. The maximum Gasteiger partial charge on any atom is 0.255 e. The number of nitrogens with zero attached hydrogens (tertiary/aromatic N) is 4. The smallest absolute Gasteiger partial charge is 0.255 e. The Balaban J connectivity index is 2.47. The number of hydrazone groups is 1. The molecular formula is C32H47N7O2. The molecule has 0 heterocycles. The van der Waals surface area contributed by atoms with Crippen LogP contribution in [-0.4, -0.2) is 51.4 Å². The summed E-state index contributed by atoms with van der Waals surface area (Å²) in [6.07, 6.45) is 5.90. The number of allylic oxidation sites excluding steroid dienone is 1. The molecule has 0 saturated heterocycles. The molecule has 9 nitrogen and oxygen atoms in total. The zero-order valence-corrected chi connectivity index (χ0v) is 25.9. The standard InChI is InChI=1S/C32H47N7O2/c1-11-16-37(8)29-19-25(32(6,7)12-2)18-27(30(29)41-10)36-31(40)24-15-14-22(4)28(17-24)39(34)21-26(33)23(5)20-35-38(9)13-3/h11,14-15,17-21H,1,5,12-13,16,33-34H2,2-4,6-10H3,(H,36,40)/b26-21-,35-20-. The molecule has 2 aromatic rings. The van der Waals surface area contributed by atoms with Crippen LogP contribution in [0.25, 0.3) is 0 Å².